The van der Waals surface area contributed by atoms with E-state index in [1.54, 1.807) is 21.3 Å². The van der Waals surface area contributed by atoms with Gasteiger partial charge < -0.3 is 9.76 Å². The first kappa shape index (κ1) is 15.7. The van der Waals surface area contributed by atoms with Crippen molar-refractivity contribution < 1.29 is 14.2 Å². The summed E-state index contributed by atoms with van der Waals surface area (Å²) in [7, 11) is 1.65. The molecule has 0 bridgehead atoms. The van der Waals surface area contributed by atoms with Crippen molar-refractivity contribution in [1.29, 1.82) is 0 Å². The van der Waals surface area contributed by atoms with E-state index in [4.69, 9.17) is 4.65 Å². The van der Waals surface area contributed by atoms with E-state index < -0.39 is 11.2 Å². The topological polar surface area (TPSA) is 29.5 Å². The second-order valence-corrected chi connectivity index (χ2v) is 7.28. The van der Waals surface area contributed by atoms with E-state index in [1.165, 1.54) is 11.3 Å². The number of rotatable bonds is 4. The maximum atomic E-state index is 14.0. The predicted octanol–water partition coefficient (Wildman–Crippen LogP) is 3.21. The second kappa shape index (κ2) is 5.28. The van der Waals surface area contributed by atoms with Crippen LogP contribution in [-0.2, 0) is 11.1 Å². The van der Waals surface area contributed by atoms with Gasteiger partial charge in [-0.25, -0.2) is 4.39 Å². The summed E-state index contributed by atoms with van der Waals surface area (Å²) in [5, 5.41) is 12.0. The molecular weight excluding hydrogens is 274 g/mol. The zero-order valence-corrected chi connectivity index (χ0v) is 13.5. The van der Waals surface area contributed by atoms with Gasteiger partial charge in [0.25, 0.3) is 0 Å². The van der Waals surface area contributed by atoms with Gasteiger partial charge in [0, 0.05) is 0 Å². The maximum absolute atomic E-state index is 14.0. The molecule has 0 saturated heterocycles. The molecule has 1 aromatic rings. The van der Waals surface area contributed by atoms with Crippen LogP contribution in [0, 0.1) is 0 Å². The van der Waals surface area contributed by atoms with Crippen LogP contribution in [-0.4, -0.2) is 23.8 Å². The molecule has 0 aliphatic heterocycles. The molecule has 0 saturated carbocycles. The third-order valence-corrected chi connectivity index (χ3v) is 5.24. The molecule has 0 spiro atoms. The largest absolute Gasteiger partial charge is 0.427 e. The summed E-state index contributed by atoms with van der Waals surface area (Å²) in [4.78, 5) is 0.727. The van der Waals surface area contributed by atoms with Crippen molar-refractivity contribution in [2.45, 2.75) is 58.7 Å². The lowest BCUT2D eigenvalue weighted by Crippen LogP contribution is -2.49. The minimum atomic E-state index is -0.957. The molecular formula is C15H21BFO2S. The van der Waals surface area contributed by atoms with Gasteiger partial charge in [0.1, 0.15) is 5.83 Å². The molecule has 2 nitrogen and oxygen atoms in total. The fourth-order valence-corrected chi connectivity index (χ4v) is 2.99. The van der Waals surface area contributed by atoms with Crippen molar-refractivity contribution >= 4 is 30.1 Å². The monoisotopic (exact) mass is 295 g/mol. The number of hydrogen-bond acceptors (Lipinski definition) is 3. The third-order valence-electron chi connectivity index (χ3n) is 4.20. The van der Waals surface area contributed by atoms with Crippen LogP contribution >= 0.6 is 11.3 Å². The third kappa shape index (κ3) is 2.85. The van der Waals surface area contributed by atoms with Gasteiger partial charge in [-0.3, -0.25) is 0 Å². The molecule has 0 amide bonds. The summed E-state index contributed by atoms with van der Waals surface area (Å²) in [5.74, 6) is -0.0855. The Morgan fingerprint density at radius 1 is 1.30 bits per heavy atom. The Hall–Kier alpha value is -0.645. The lowest BCUT2D eigenvalue weighted by atomic mass is 9.79. The molecule has 1 radical (unpaired) electrons. The standard InChI is InChI=1S/C15H21BFO2S/c1-9-6-7-10-11(8-20-13(10)12(9)17)16-19-15(4,5)14(2,3)18/h8,18H,6-7H2,1-5H3. The van der Waals surface area contributed by atoms with Gasteiger partial charge >= 0.3 is 7.48 Å². The summed E-state index contributed by atoms with van der Waals surface area (Å²) >= 11 is 1.42. The van der Waals surface area contributed by atoms with Gasteiger partial charge in [-0.05, 0) is 69.4 Å². The second-order valence-electron chi connectivity index (χ2n) is 6.40. The van der Waals surface area contributed by atoms with Crippen molar-refractivity contribution in [2.75, 3.05) is 0 Å². The zero-order chi connectivity index (χ0) is 15.1. The fourth-order valence-electron chi connectivity index (χ4n) is 1.91. The molecule has 1 N–H and O–H groups in total. The molecule has 1 aliphatic carbocycles. The van der Waals surface area contributed by atoms with Crippen molar-refractivity contribution in [3.8, 4) is 0 Å². The molecule has 1 heterocycles. The highest BCUT2D eigenvalue weighted by Crippen LogP contribution is 2.35. The number of halogens is 1. The zero-order valence-electron chi connectivity index (χ0n) is 12.7. The SMILES string of the molecule is CC1=C(F)c2scc([B]OC(C)(C)C(C)(C)O)c2CC1. The number of hydrogen-bond donors (Lipinski definition) is 1. The van der Waals surface area contributed by atoms with Crippen molar-refractivity contribution in [2.24, 2.45) is 0 Å². The lowest BCUT2D eigenvalue weighted by molar-refractivity contribution is -0.0893. The van der Waals surface area contributed by atoms with Gasteiger partial charge in [-0.15, -0.1) is 11.3 Å². The minimum absolute atomic E-state index is 0.0855. The summed E-state index contributed by atoms with van der Waals surface area (Å²) in [6, 6.07) is 0. The van der Waals surface area contributed by atoms with Crippen molar-refractivity contribution in [3.05, 3.63) is 21.4 Å². The van der Waals surface area contributed by atoms with Crippen molar-refractivity contribution in [3.63, 3.8) is 0 Å². The average Bonchev–Trinajstić information content (AvgIpc) is 2.74. The van der Waals surface area contributed by atoms with Gasteiger partial charge in [-0.2, -0.15) is 0 Å². The number of allylic oxidation sites excluding steroid dienone is 1. The summed E-state index contributed by atoms with van der Waals surface area (Å²) in [6.45, 7) is 8.96. The highest BCUT2D eigenvalue weighted by Gasteiger charge is 2.36. The number of aliphatic hydroxyl groups is 1. The fraction of sp³-hybridized carbons (Fsp3) is 0.600. The summed E-state index contributed by atoms with van der Waals surface area (Å²) in [6.07, 6.45) is 1.60. The number of fused-ring (bicyclic) bond motifs is 1. The normalized spacial score (nSPS) is 16.4. The summed E-state index contributed by atoms with van der Waals surface area (Å²) in [5.41, 5.74) is 1.10. The highest BCUT2D eigenvalue weighted by molar-refractivity contribution is 7.12. The Morgan fingerprint density at radius 3 is 2.55 bits per heavy atom. The van der Waals surface area contributed by atoms with E-state index >= 15 is 0 Å². The quantitative estimate of drug-likeness (QED) is 0.864. The Balaban J connectivity index is 2.16. The first-order valence-corrected chi connectivity index (χ1v) is 7.71. The Bertz CT molecular complexity index is 541. The molecule has 2 rings (SSSR count). The van der Waals surface area contributed by atoms with E-state index in [9.17, 15) is 9.50 Å². The van der Waals surface area contributed by atoms with Crippen LogP contribution in [0.1, 0.15) is 51.5 Å². The lowest BCUT2D eigenvalue weighted by Gasteiger charge is -2.37. The van der Waals surface area contributed by atoms with E-state index in [-0.39, 0.29) is 5.83 Å². The first-order chi connectivity index (χ1) is 9.13. The van der Waals surface area contributed by atoms with Crippen LogP contribution in [0.3, 0.4) is 0 Å². The molecule has 0 aromatic carbocycles. The number of thiophene rings is 1. The molecule has 5 heteroatoms. The molecule has 0 atom stereocenters. The predicted molar refractivity (Wildman–Crippen MR) is 83.2 cm³/mol. The highest BCUT2D eigenvalue weighted by atomic mass is 32.1. The van der Waals surface area contributed by atoms with E-state index in [2.05, 4.69) is 0 Å². The van der Waals surface area contributed by atoms with E-state index in [0.717, 1.165) is 34.3 Å². The van der Waals surface area contributed by atoms with Gasteiger partial charge in [0.15, 0.2) is 0 Å². The smallest absolute Gasteiger partial charge is 0.332 e. The van der Waals surface area contributed by atoms with Crippen LogP contribution in [0.5, 0.6) is 0 Å². The van der Waals surface area contributed by atoms with E-state index in [1.807, 2.05) is 26.2 Å². The van der Waals surface area contributed by atoms with Crippen LogP contribution < -0.4 is 5.46 Å². The van der Waals surface area contributed by atoms with E-state index in [0.29, 0.717) is 0 Å². The molecule has 0 fully saturated rings. The Kier molecular flexibility index (Phi) is 4.16. The van der Waals surface area contributed by atoms with Gasteiger partial charge in [-0.1, -0.05) is 0 Å². The average molecular weight is 295 g/mol. The van der Waals surface area contributed by atoms with Gasteiger partial charge in [0.05, 0.1) is 16.1 Å². The Morgan fingerprint density at radius 2 is 1.95 bits per heavy atom. The van der Waals surface area contributed by atoms with Crippen LogP contribution in [0.15, 0.2) is 11.0 Å². The minimum Gasteiger partial charge on any atom is -0.427 e. The Labute approximate surface area is 124 Å². The molecule has 1 aliphatic rings. The molecule has 109 valence electrons. The first-order valence-electron chi connectivity index (χ1n) is 6.83. The van der Waals surface area contributed by atoms with Crippen LogP contribution in [0.2, 0.25) is 0 Å². The maximum Gasteiger partial charge on any atom is 0.332 e. The molecule has 20 heavy (non-hydrogen) atoms. The van der Waals surface area contributed by atoms with Crippen LogP contribution in [0.4, 0.5) is 4.39 Å². The molecule has 1 aromatic heterocycles. The van der Waals surface area contributed by atoms with Crippen LogP contribution in [0.25, 0.3) is 5.83 Å². The van der Waals surface area contributed by atoms with Crippen molar-refractivity contribution in [1.82, 2.24) is 0 Å². The van der Waals surface area contributed by atoms with Gasteiger partial charge in [0.2, 0.25) is 0 Å². The molecule has 0 unspecified atom stereocenters. The summed E-state index contributed by atoms with van der Waals surface area (Å²) < 4.78 is 19.8.